The van der Waals surface area contributed by atoms with Crippen LogP contribution >= 0.6 is 24.0 Å². The fraction of sp³-hybridized carbons (Fsp3) is 0.588. The first-order valence-electron chi connectivity index (χ1n) is 7.98. The Morgan fingerprint density at radius 3 is 2.77 bits per heavy atom. The highest BCUT2D eigenvalue weighted by Crippen LogP contribution is 2.17. The molecule has 22 heavy (non-hydrogen) atoms. The first-order chi connectivity index (χ1) is 10.1. The minimum atomic E-state index is 0. The standard InChI is InChI=1S/C17H28N4.HI/c1-14(2)7-9-19-17(18)20-10-12-21-11-8-15-5-3-4-6-16(15)13-21;/h3-6,14H,7-13H2,1-2H3,(H3,18,19,20);1H. The molecule has 0 atom stereocenters. The SMILES string of the molecule is CC(C)CCN=C(N)NCCN1CCc2ccccc2C1.I. The van der Waals surface area contributed by atoms with Gasteiger partial charge in [0, 0.05) is 32.7 Å². The molecule has 5 heteroatoms. The van der Waals surface area contributed by atoms with Gasteiger partial charge >= 0.3 is 0 Å². The molecular weight excluding hydrogens is 387 g/mol. The summed E-state index contributed by atoms with van der Waals surface area (Å²) in [5, 5.41) is 3.21. The number of aliphatic imine (C=N–C) groups is 1. The summed E-state index contributed by atoms with van der Waals surface area (Å²) in [6.45, 7) is 9.26. The summed E-state index contributed by atoms with van der Waals surface area (Å²) in [6.07, 6.45) is 2.24. The molecule has 0 radical (unpaired) electrons. The van der Waals surface area contributed by atoms with Gasteiger partial charge in [-0.05, 0) is 29.9 Å². The van der Waals surface area contributed by atoms with Crippen LogP contribution < -0.4 is 11.1 Å². The van der Waals surface area contributed by atoms with Gasteiger partial charge in [-0.15, -0.1) is 24.0 Å². The summed E-state index contributed by atoms with van der Waals surface area (Å²) in [5.41, 5.74) is 8.83. The summed E-state index contributed by atoms with van der Waals surface area (Å²) in [5.74, 6) is 1.25. The zero-order valence-electron chi connectivity index (χ0n) is 13.7. The fourth-order valence-corrected chi connectivity index (χ4v) is 2.59. The molecule has 0 saturated carbocycles. The average Bonchev–Trinajstić information content (AvgIpc) is 2.47. The Balaban J connectivity index is 0.00000242. The highest BCUT2D eigenvalue weighted by atomic mass is 127. The first-order valence-corrected chi connectivity index (χ1v) is 7.98. The van der Waals surface area contributed by atoms with Gasteiger partial charge in [-0.25, -0.2) is 0 Å². The Hall–Kier alpha value is -0.820. The summed E-state index contributed by atoms with van der Waals surface area (Å²) in [7, 11) is 0. The molecule has 124 valence electrons. The quantitative estimate of drug-likeness (QED) is 0.426. The molecule has 1 aromatic carbocycles. The second-order valence-corrected chi connectivity index (χ2v) is 6.17. The Morgan fingerprint density at radius 2 is 2.05 bits per heavy atom. The Bertz CT molecular complexity index is 473. The van der Waals surface area contributed by atoms with E-state index < -0.39 is 0 Å². The van der Waals surface area contributed by atoms with Crippen LogP contribution in [0.1, 0.15) is 31.4 Å². The number of halogens is 1. The molecule has 0 bridgehead atoms. The number of nitrogens with one attached hydrogen (secondary N) is 1. The number of hydrogen-bond donors (Lipinski definition) is 2. The molecule has 0 saturated heterocycles. The van der Waals surface area contributed by atoms with E-state index in [1.54, 1.807) is 0 Å². The van der Waals surface area contributed by atoms with Crippen molar-refractivity contribution in [2.45, 2.75) is 33.2 Å². The maximum Gasteiger partial charge on any atom is 0.188 e. The van der Waals surface area contributed by atoms with E-state index in [1.165, 1.54) is 11.1 Å². The first kappa shape index (κ1) is 19.2. The monoisotopic (exact) mass is 416 g/mol. The van der Waals surface area contributed by atoms with Crippen LogP contribution in [-0.4, -0.2) is 37.0 Å². The van der Waals surface area contributed by atoms with Gasteiger partial charge < -0.3 is 11.1 Å². The number of nitrogens with two attached hydrogens (primary N) is 1. The third-order valence-electron chi connectivity index (χ3n) is 3.93. The van der Waals surface area contributed by atoms with E-state index in [0.29, 0.717) is 11.9 Å². The molecule has 2 rings (SSSR count). The number of guanidine groups is 1. The molecule has 4 nitrogen and oxygen atoms in total. The summed E-state index contributed by atoms with van der Waals surface area (Å²) in [6, 6.07) is 8.73. The second-order valence-electron chi connectivity index (χ2n) is 6.17. The predicted molar refractivity (Wildman–Crippen MR) is 105 cm³/mol. The van der Waals surface area contributed by atoms with E-state index >= 15 is 0 Å². The van der Waals surface area contributed by atoms with Crippen LogP contribution in [-0.2, 0) is 13.0 Å². The van der Waals surface area contributed by atoms with Crippen molar-refractivity contribution in [1.82, 2.24) is 10.2 Å². The number of nitrogens with zero attached hydrogens (tertiary/aromatic N) is 2. The van der Waals surface area contributed by atoms with Crippen molar-refractivity contribution in [3.8, 4) is 0 Å². The van der Waals surface area contributed by atoms with Gasteiger partial charge in [-0.2, -0.15) is 0 Å². The lowest BCUT2D eigenvalue weighted by Gasteiger charge is -2.28. The van der Waals surface area contributed by atoms with E-state index in [-0.39, 0.29) is 24.0 Å². The zero-order valence-corrected chi connectivity index (χ0v) is 16.0. The molecule has 1 heterocycles. The van der Waals surface area contributed by atoms with Gasteiger partial charge in [0.05, 0.1) is 0 Å². The van der Waals surface area contributed by atoms with Gasteiger partial charge in [0.25, 0.3) is 0 Å². The van der Waals surface area contributed by atoms with E-state index in [1.807, 2.05) is 0 Å². The van der Waals surface area contributed by atoms with Gasteiger partial charge in [0.2, 0.25) is 0 Å². The largest absolute Gasteiger partial charge is 0.370 e. The second kappa shape index (κ2) is 10.0. The Labute approximate surface area is 151 Å². The van der Waals surface area contributed by atoms with E-state index in [0.717, 1.165) is 45.6 Å². The summed E-state index contributed by atoms with van der Waals surface area (Å²) >= 11 is 0. The molecular formula is C17H29IN4. The predicted octanol–water partition coefficient (Wildman–Crippen LogP) is 2.61. The van der Waals surface area contributed by atoms with E-state index in [4.69, 9.17) is 5.73 Å². The van der Waals surface area contributed by atoms with Crippen LogP contribution in [0.25, 0.3) is 0 Å². The van der Waals surface area contributed by atoms with Crippen molar-refractivity contribution in [2.75, 3.05) is 26.2 Å². The van der Waals surface area contributed by atoms with Gasteiger partial charge in [-0.3, -0.25) is 9.89 Å². The van der Waals surface area contributed by atoms with Crippen LogP contribution in [0.5, 0.6) is 0 Å². The Morgan fingerprint density at radius 1 is 1.32 bits per heavy atom. The Kier molecular flexibility index (Phi) is 8.78. The van der Waals surface area contributed by atoms with Crippen molar-refractivity contribution >= 4 is 29.9 Å². The lowest BCUT2D eigenvalue weighted by atomic mass is 10.00. The highest BCUT2D eigenvalue weighted by Gasteiger charge is 2.14. The molecule has 0 fully saturated rings. The molecule has 3 N–H and O–H groups in total. The van der Waals surface area contributed by atoms with Gasteiger partial charge in [-0.1, -0.05) is 38.1 Å². The molecule has 0 amide bonds. The van der Waals surface area contributed by atoms with Crippen LogP contribution in [0, 0.1) is 5.92 Å². The van der Waals surface area contributed by atoms with Gasteiger partial charge in [0.1, 0.15) is 0 Å². The molecule has 1 aromatic rings. The van der Waals surface area contributed by atoms with E-state index in [9.17, 15) is 0 Å². The average molecular weight is 416 g/mol. The minimum Gasteiger partial charge on any atom is -0.370 e. The summed E-state index contributed by atoms with van der Waals surface area (Å²) < 4.78 is 0. The molecule has 0 unspecified atom stereocenters. The lowest BCUT2D eigenvalue weighted by Crippen LogP contribution is -2.40. The van der Waals surface area contributed by atoms with Crippen molar-refractivity contribution in [1.29, 1.82) is 0 Å². The van der Waals surface area contributed by atoms with Crippen molar-refractivity contribution < 1.29 is 0 Å². The summed E-state index contributed by atoms with van der Waals surface area (Å²) in [4.78, 5) is 6.82. The van der Waals surface area contributed by atoms with Crippen LogP contribution in [0.3, 0.4) is 0 Å². The number of fused-ring (bicyclic) bond motifs is 1. The fourth-order valence-electron chi connectivity index (χ4n) is 2.59. The van der Waals surface area contributed by atoms with Crippen molar-refractivity contribution in [3.63, 3.8) is 0 Å². The third-order valence-corrected chi connectivity index (χ3v) is 3.93. The normalized spacial score (nSPS) is 15.3. The van der Waals surface area contributed by atoms with Crippen LogP contribution in [0.15, 0.2) is 29.3 Å². The molecule has 0 aromatic heterocycles. The highest BCUT2D eigenvalue weighted by molar-refractivity contribution is 14.0. The van der Waals surface area contributed by atoms with Crippen LogP contribution in [0.2, 0.25) is 0 Å². The smallest absolute Gasteiger partial charge is 0.188 e. The molecule has 1 aliphatic rings. The molecule has 0 aliphatic carbocycles. The lowest BCUT2D eigenvalue weighted by molar-refractivity contribution is 0.258. The molecule has 0 spiro atoms. The zero-order chi connectivity index (χ0) is 15.1. The number of benzene rings is 1. The van der Waals surface area contributed by atoms with Crippen molar-refractivity contribution in [2.24, 2.45) is 16.6 Å². The number of rotatable bonds is 6. The third kappa shape index (κ3) is 6.52. The number of hydrogen-bond acceptors (Lipinski definition) is 2. The van der Waals surface area contributed by atoms with Crippen molar-refractivity contribution in [3.05, 3.63) is 35.4 Å². The minimum absolute atomic E-state index is 0. The van der Waals surface area contributed by atoms with Gasteiger partial charge in [0.15, 0.2) is 5.96 Å². The van der Waals surface area contributed by atoms with E-state index in [2.05, 4.69) is 53.3 Å². The maximum absolute atomic E-state index is 5.87. The maximum atomic E-state index is 5.87. The molecule has 1 aliphatic heterocycles. The topological polar surface area (TPSA) is 53.6 Å². The van der Waals surface area contributed by atoms with Crippen LogP contribution in [0.4, 0.5) is 0 Å².